The third-order valence-electron chi connectivity index (χ3n) is 2.24. The molecule has 0 saturated carbocycles. The van der Waals surface area contributed by atoms with Crippen LogP contribution in [0.1, 0.15) is 8.30 Å². The van der Waals surface area contributed by atoms with Crippen LogP contribution in [0.5, 0.6) is 0 Å². The largest absolute Gasteiger partial charge is 0.301 e. The van der Waals surface area contributed by atoms with E-state index in [0.29, 0.717) is 5.56 Å². The summed E-state index contributed by atoms with van der Waals surface area (Å²) in [4.78, 5) is 14.8. The fourth-order valence-corrected chi connectivity index (χ4v) is 1.42. The van der Waals surface area contributed by atoms with Gasteiger partial charge in [-0.05, 0) is 17.7 Å². The summed E-state index contributed by atoms with van der Waals surface area (Å²) in [7, 11) is 4.89. The van der Waals surface area contributed by atoms with E-state index in [9.17, 15) is 4.79 Å². The van der Waals surface area contributed by atoms with Crippen molar-refractivity contribution >= 4 is 13.7 Å². The number of hydrogen-bond acceptors (Lipinski definition) is 3. The van der Waals surface area contributed by atoms with Gasteiger partial charge >= 0.3 is 0 Å². The Balaban J connectivity index is 2.17. The molecular weight excluding hydrogens is 225 g/mol. The Morgan fingerprint density at radius 3 is 2.67 bits per heavy atom. The number of nitrogens with one attached hydrogen (secondary N) is 2. The van der Waals surface area contributed by atoms with E-state index in [2.05, 4.69) is 10.4 Å². The number of hydrogen-bond donors (Lipinski definition) is 2. The molecule has 0 fully saturated rings. The van der Waals surface area contributed by atoms with E-state index >= 15 is 0 Å². The molecule has 0 aliphatic heterocycles. The lowest BCUT2D eigenvalue weighted by Crippen LogP contribution is -2.35. The highest BCUT2D eigenvalue weighted by Gasteiger charge is 1.98. The van der Waals surface area contributed by atoms with Crippen molar-refractivity contribution in [2.45, 2.75) is 6.50 Å². The van der Waals surface area contributed by atoms with E-state index in [-0.39, 0.29) is 0 Å². The van der Waals surface area contributed by atoms with Crippen LogP contribution in [0.15, 0.2) is 48.7 Å². The van der Waals surface area contributed by atoms with Crippen LogP contribution >= 0.6 is 0 Å². The molecule has 2 radical (unpaired) electrons. The molecule has 5 heteroatoms. The Morgan fingerprint density at radius 2 is 2.06 bits per heavy atom. The zero-order valence-electron chi connectivity index (χ0n) is 11.6. The van der Waals surface area contributed by atoms with Crippen molar-refractivity contribution in [3.8, 4) is 11.3 Å². The lowest BCUT2D eigenvalue weighted by atomic mass is 10.1. The summed E-state index contributed by atoms with van der Waals surface area (Å²) in [5.74, 6) is -0.848. The van der Waals surface area contributed by atoms with Crippen LogP contribution in [-0.4, -0.2) is 18.6 Å². The van der Waals surface area contributed by atoms with Gasteiger partial charge in [0.15, 0.2) is 5.81 Å². The molecular formula is C13H12BN3O. The van der Waals surface area contributed by atoms with E-state index in [1.54, 1.807) is 30.5 Å². The van der Waals surface area contributed by atoms with Crippen LogP contribution in [0, 0.1) is 0 Å². The van der Waals surface area contributed by atoms with E-state index in [4.69, 9.17) is 10.6 Å². The Labute approximate surface area is 110 Å². The lowest BCUT2D eigenvalue weighted by Gasteiger charge is -2.06. The van der Waals surface area contributed by atoms with Gasteiger partial charge in [0.25, 0.3) is 0 Å². The van der Waals surface area contributed by atoms with Gasteiger partial charge in [-0.25, -0.2) is 5.43 Å². The number of benzene rings is 1. The van der Waals surface area contributed by atoms with Crippen molar-refractivity contribution in [2.75, 3.05) is 0 Å². The van der Waals surface area contributed by atoms with Crippen molar-refractivity contribution in [3.63, 3.8) is 0 Å². The van der Waals surface area contributed by atoms with Crippen LogP contribution in [0.3, 0.4) is 0 Å². The second kappa shape index (κ2) is 5.98. The highest BCUT2D eigenvalue weighted by Crippen LogP contribution is 2.16. The first-order chi connectivity index (χ1) is 9.49. The van der Waals surface area contributed by atoms with Gasteiger partial charge in [-0.3, -0.25) is 9.78 Å². The standard InChI is InChI=1S/C13H12BN3O/c14-13(18)17-16-9-10-4-6-11(7-5-10)12-3-1-2-8-15-12/h1-8,16H,9H2,(H,17,18)/i9D2. The predicted molar refractivity (Wildman–Crippen MR) is 70.8 cm³/mol. The van der Waals surface area contributed by atoms with Crippen LogP contribution < -0.4 is 10.9 Å². The summed E-state index contributed by atoms with van der Waals surface area (Å²) in [6.45, 7) is -1.92. The number of nitrogens with zero attached hydrogens (tertiary/aromatic N) is 1. The lowest BCUT2D eigenvalue weighted by molar-refractivity contribution is 0.255. The molecule has 4 nitrogen and oxygen atoms in total. The van der Waals surface area contributed by atoms with Gasteiger partial charge in [-0.2, -0.15) is 0 Å². The molecule has 1 heterocycles. The zero-order valence-corrected chi connectivity index (χ0v) is 9.55. The molecule has 0 bridgehead atoms. The monoisotopic (exact) mass is 239 g/mol. The average Bonchev–Trinajstić information content (AvgIpc) is 2.46. The highest BCUT2D eigenvalue weighted by molar-refractivity contribution is 6.56. The second-order valence-electron chi connectivity index (χ2n) is 3.53. The van der Waals surface area contributed by atoms with Crippen molar-refractivity contribution in [2.24, 2.45) is 0 Å². The summed E-state index contributed by atoms with van der Waals surface area (Å²) in [5, 5.41) is 0. The van der Waals surface area contributed by atoms with Crippen LogP contribution in [0.2, 0.25) is 0 Å². The van der Waals surface area contributed by atoms with Crippen LogP contribution in [0.4, 0.5) is 4.79 Å². The Hall–Kier alpha value is -2.14. The minimum absolute atomic E-state index is 0.367. The summed E-state index contributed by atoms with van der Waals surface area (Å²) < 4.78 is 15.6. The number of carbonyl (C=O) groups excluding carboxylic acids is 1. The number of pyridine rings is 1. The van der Waals surface area contributed by atoms with Gasteiger partial charge in [0.05, 0.1) is 5.69 Å². The fourth-order valence-electron chi connectivity index (χ4n) is 1.42. The molecule has 18 heavy (non-hydrogen) atoms. The quantitative estimate of drug-likeness (QED) is 0.629. The number of amides is 1. The molecule has 2 rings (SSSR count). The van der Waals surface area contributed by atoms with Gasteiger partial charge in [-0.1, -0.05) is 30.3 Å². The number of carbonyl (C=O) groups is 1. The van der Waals surface area contributed by atoms with Gasteiger partial charge in [0.2, 0.25) is 7.85 Å². The van der Waals surface area contributed by atoms with Gasteiger partial charge in [0, 0.05) is 21.0 Å². The second-order valence-corrected chi connectivity index (χ2v) is 3.53. The Kier molecular flexibility index (Phi) is 3.27. The average molecular weight is 239 g/mol. The fraction of sp³-hybridized carbons (Fsp3) is 0.0769. The SMILES string of the molecule is [2H]C([2H])(NNC([B])=O)c1ccc(-c2ccccn2)cc1. The number of rotatable bonds is 4. The zero-order chi connectivity index (χ0) is 14.6. The first-order valence-corrected chi connectivity index (χ1v) is 5.33. The predicted octanol–water partition coefficient (Wildman–Crippen LogP) is 1.63. The van der Waals surface area contributed by atoms with E-state index in [1.165, 1.54) is 0 Å². The normalized spacial score (nSPS) is 12.4. The molecule has 2 N–H and O–H groups in total. The smallest absolute Gasteiger partial charge is 0.202 e. The number of aromatic nitrogens is 1. The van der Waals surface area contributed by atoms with Crippen molar-refractivity contribution in [1.29, 1.82) is 0 Å². The minimum atomic E-state index is -1.92. The van der Waals surface area contributed by atoms with E-state index in [1.807, 2.05) is 23.6 Å². The maximum absolute atomic E-state index is 10.6. The molecule has 0 unspecified atom stereocenters. The third-order valence-corrected chi connectivity index (χ3v) is 2.24. The van der Waals surface area contributed by atoms with E-state index in [0.717, 1.165) is 11.3 Å². The van der Waals surface area contributed by atoms with Gasteiger partial charge in [-0.15, -0.1) is 0 Å². The topological polar surface area (TPSA) is 54.0 Å². The van der Waals surface area contributed by atoms with Gasteiger partial charge < -0.3 is 5.43 Å². The highest BCUT2D eigenvalue weighted by atomic mass is 16.1. The third kappa shape index (κ3) is 3.43. The van der Waals surface area contributed by atoms with Crippen molar-refractivity contribution in [3.05, 3.63) is 54.2 Å². The molecule has 1 amide bonds. The molecule has 0 aliphatic carbocycles. The molecule has 0 aliphatic rings. The first kappa shape index (κ1) is 9.85. The maximum atomic E-state index is 10.6. The summed E-state index contributed by atoms with van der Waals surface area (Å²) in [6.07, 6.45) is 1.70. The maximum Gasteiger partial charge on any atom is 0.202 e. The minimum Gasteiger partial charge on any atom is -0.301 e. The molecule has 2 aromatic rings. The summed E-state index contributed by atoms with van der Waals surface area (Å²) >= 11 is 0. The first-order valence-electron chi connectivity index (χ1n) is 6.33. The molecule has 88 valence electrons. The van der Waals surface area contributed by atoms with Crippen molar-refractivity contribution in [1.82, 2.24) is 15.8 Å². The van der Waals surface area contributed by atoms with Crippen molar-refractivity contribution < 1.29 is 7.54 Å². The molecule has 1 aromatic heterocycles. The Bertz CT molecular complexity index is 590. The molecule has 1 aromatic carbocycles. The molecule has 0 saturated heterocycles. The van der Waals surface area contributed by atoms with Gasteiger partial charge in [0.1, 0.15) is 0 Å². The molecule has 0 atom stereocenters. The Morgan fingerprint density at radius 1 is 1.28 bits per heavy atom. The van der Waals surface area contributed by atoms with E-state index < -0.39 is 12.3 Å². The summed E-state index contributed by atoms with van der Waals surface area (Å²) in [5.41, 5.74) is 6.32. The van der Waals surface area contributed by atoms with Crippen LogP contribution in [-0.2, 0) is 6.50 Å². The number of hydrazine groups is 1. The molecule has 0 spiro atoms. The summed E-state index contributed by atoms with van der Waals surface area (Å²) in [6, 6.07) is 12.4. The van der Waals surface area contributed by atoms with Crippen LogP contribution in [0.25, 0.3) is 11.3 Å².